The average molecular weight is 414 g/mol. The summed E-state index contributed by atoms with van der Waals surface area (Å²) in [7, 11) is 0. The molecule has 30 heavy (non-hydrogen) atoms. The van der Waals surface area contributed by atoms with Crippen molar-refractivity contribution in [3.05, 3.63) is 77.9 Å². The molecule has 1 heterocycles. The predicted octanol–water partition coefficient (Wildman–Crippen LogP) is 1.31. The van der Waals surface area contributed by atoms with Gasteiger partial charge in [-0.1, -0.05) is 60.7 Å². The van der Waals surface area contributed by atoms with Gasteiger partial charge in [0, 0.05) is 6.08 Å². The van der Waals surface area contributed by atoms with Crippen LogP contribution < -0.4 is 0 Å². The molecule has 0 aliphatic carbocycles. The van der Waals surface area contributed by atoms with Crippen molar-refractivity contribution in [2.45, 2.75) is 37.1 Å². The molecule has 3 N–H and O–H groups in total. The second kappa shape index (κ2) is 11.0. The maximum atomic E-state index is 12.1. The number of carbonyl (C=O) groups is 1. The van der Waals surface area contributed by atoms with E-state index in [4.69, 9.17) is 14.2 Å². The van der Waals surface area contributed by atoms with Crippen LogP contribution in [0, 0.1) is 0 Å². The van der Waals surface area contributed by atoms with Crippen LogP contribution in [0.4, 0.5) is 0 Å². The van der Waals surface area contributed by atoms with Gasteiger partial charge in [0.25, 0.3) is 0 Å². The maximum absolute atomic E-state index is 12.1. The van der Waals surface area contributed by atoms with E-state index in [1.807, 2.05) is 60.7 Å². The van der Waals surface area contributed by atoms with Gasteiger partial charge in [0.15, 0.2) is 12.4 Å². The Kier molecular flexibility index (Phi) is 8.12. The lowest BCUT2D eigenvalue weighted by Gasteiger charge is -2.41. The SMILES string of the molecule is O=C(C=Cc1ccccc1)O[C@@H]1C(CO)O[C@@H](OCCc2ccccc2)C(O)C1O. The molecule has 1 fully saturated rings. The van der Waals surface area contributed by atoms with E-state index in [0.717, 1.165) is 11.1 Å². The molecule has 7 heteroatoms. The number of benzene rings is 2. The highest BCUT2D eigenvalue weighted by molar-refractivity contribution is 5.87. The Morgan fingerprint density at radius 3 is 2.33 bits per heavy atom. The summed E-state index contributed by atoms with van der Waals surface area (Å²) in [6.45, 7) is -0.260. The molecule has 0 radical (unpaired) electrons. The Morgan fingerprint density at radius 1 is 1.00 bits per heavy atom. The molecule has 1 aliphatic rings. The smallest absolute Gasteiger partial charge is 0.331 e. The molecule has 3 rings (SSSR count). The van der Waals surface area contributed by atoms with E-state index in [-0.39, 0.29) is 6.61 Å². The van der Waals surface area contributed by atoms with Crippen molar-refractivity contribution < 1.29 is 34.3 Å². The van der Waals surface area contributed by atoms with Gasteiger partial charge >= 0.3 is 5.97 Å². The first-order chi connectivity index (χ1) is 14.6. The number of ether oxygens (including phenoxy) is 3. The average Bonchev–Trinajstić information content (AvgIpc) is 2.78. The Balaban J connectivity index is 1.55. The molecule has 0 bridgehead atoms. The van der Waals surface area contributed by atoms with Crippen LogP contribution in [0.15, 0.2) is 66.7 Å². The van der Waals surface area contributed by atoms with Crippen LogP contribution in [0.1, 0.15) is 11.1 Å². The van der Waals surface area contributed by atoms with Crippen molar-refractivity contribution in [1.82, 2.24) is 0 Å². The number of rotatable bonds is 8. The molecule has 160 valence electrons. The molecule has 0 aromatic heterocycles. The fourth-order valence-electron chi connectivity index (χ4n) is 3.18. The fourth-order valence-corrected chi connectivity index (χ4v) is 3.18. The van der Waals surface area contributed by atoms with Gasteiger partial charge in [-0.3, -0.25) is 0 Å². The van der Waals surface area contributed by atoms with E-state index < -0.39 is 43.3 Å². The molecular formula is C23H26O7. The van der Waals surface area contributed by atoms with Crippen LogP contribution >= 0.6 is 0 Å². The number of esters is 1. The highest BCUT2D eigenvalue weighted by Crippen LogP contribution is 2.25. The third-order valence-electron chi connectivity index (χ3n) is 4.80. The molecule has 1 saturated heterocycles. The van der Waals surface area contributed by atoms with E-state index in [2.05, 4.69) is 0 Å². The Hall–Kier alpha value is -2.55. The zero-order valence-corrected chi connectivity index (χ0v) is 16.4. The summed E-state index contributed by atoms with van der Waals surface area (Å²) < 4.78 is 16.4. The third-order valence-corrected chi connectivity index (χ3v) is 4.80. The highest BCUT2D eigenvalue weighted by atomic mass is 16.7. The molecule has 0 saturated carbocycles. The van der Waals surface area contributed by atoms with E-state index >= 15 is 0 Å². The third kappa shape index (κ3) is 5.98. The highest BCUT2D eigenvalue weighted by Gasteiger charge is 2.46. The number of carbonyl (C=O) groups excluding carboxylic acids is 1. The molecular weight excluding hydrogens is 388 g/mol. The summed E-state index contributed by atoms with van der Waals surface area (Å²) in [6.07, 6.45) is -2.92. The number of aliphatic hydroxyl groups excluding tert-OH is 3. The second-order valence-corrected chi connectivity index (χ2v) is 6.96. The maximum Gasteiger partial charge on any atom is 0.331 e. The van der Waals surface area contributed by atoms with Crippen LogP contribution in [0.5, 0.6) is 0 Å². The summed E-state index contributed by atoms with van der Waals surface area (Å²) in [6, 6.07) is 18.8. The van der Waals surface area contributed by atoms with E-state index in [0.29, 0.717) is 6.42 Å². The first-order valence-electron chi connectivity index (χ1n) is 9.80. The van der Waals surface area contributed by atoms with Crippen LogP contribution in [0.2, 0.25) is 0 Å². The van der Waals surface area contributed by atoms with Gasteiger partial charge in [-0.05, 0) is 23.6 Å². The Morgan fingerprint density at radius 2 is 1.67 bits per heavy atom. The molecule has 0 amide bonds. The lowest BCUT2D eigenvalue weighted by atomic mass is 9.99. The molecule has 0 spiro atoms. The summed E-state index contributed by atoms with van der Waals surface area (Å²) >= 11 is 0. The number of aliphatic hydroxyl groups is 3. The summed E-state index contributed by atoms with van der Waals surface area (Å²) in [5.41, 5.74) is 1.86. The summed E-state index contributed by atoms with van der Waals surface area (Å²) in [5.74, 6) is -0.722. The quantitative estimate of drug-likeness (QED) is 0.442. The van der Waals surface area contributed by atoms with Crippen molar-refractivity contribution in [2.75, 3.05) is 13.2 Å². The van der Waals surface area contributed by atoms with Crippen LogP contribution in [0.3, 0.4) is 0 Å². The van der Waals surface area contributed by atoms with Gasteiger partial charge in [-0.25, -0.2) is 4.79 Å². The van der Waals surface area contributed by atoms with Crippen molar-refractivity contribution in [1.29, 1.82) is 0 Å². The van der Waals surface area contributed by atoms with Crippen molar-refractivity contribution in [3.8, 4) is 0 Å². The van der Waals surface area contributed by atoms with E-state index in [1.54, 1.807) is 6.08 Å². The Labute approximate surface area is 175 Å². The monoisotopic (exact) mass is 414 g/mol. The zero-order valence-electron chi connectivity index (χ0n) is 16.4. The summed E-state index contributed by atoms with van der Waals surface area (Å²) in [5, 5.41) is 30.4. The Bertz CT molecular complexity index is 807. The van der Waals surface area contributed by atoms with E-state index in [9.17, 15) is 20.1 Å². The zero-order chi connectivity index (χ0) is 21.3. The molecule has 7 nitrogen and oxygen atoms in total. The van der Waals surface area contributed by atoms with Crippen molar-refractivity contribution >= 4 is 12.0 Å². The van der Waals surface area contributed by atoms with Crippen LogP contribution in [-0.2, 0) is 25.4 Å². The van der Waals surface area contributed by atoms with Gasteiger partial charge < -0.3 is 29.5 Å². The minimum atomic E-state index is -1.47. The normalized spacial score (nSPS) is 26.6. The van der Waals surface area contributed by atoms with Gasteiger partial charge in [0.2, 0.25) is 0 Å². The molecule has 2 aromatic rings. The van der Waals surface area contributed by atoms with Gasteiger partial charge in [-0.15, -0.1) is 0 Å². The minimum Gasteiger partial charge on any atom is -0.453 e. The molecule has 3 unspecified atom stereocenters. The number of hydrogen-bond acceptors (Lipinski definition) is 7. The molecule has 2 aromatic carbocycles. The van der Waals surface area contributed by atoms with Crippen molar-refractivity contribution in [3.63, 3.8) is 0 Å². The standard InChI is InChI=1S/C23H26O7/c24-15-18-22(30-19(25)12-11-16-7-3-1-4-8-16)20(26)21(27)23(29-18)28-14-13-17-9-5-2-6-10-17/h1-12,18,20-24,26-27H,13-15H2/t18?,20?,21?,22-,23-/m1/s1. The lowest BCUT2D eigenvalue weighted by Crippen LogP contribution is -2.60. The minimum absolute atomic E-state index is 0.251. The van der Waals surface area contributed by atoms with Gasteiger partial charge in [0.05, 0.1) is 13.2 Å². The summed E-state index contributed by atoms with van der Waals surface area (Å²) in [4.78, 5) is 12.1. The fraction of sp³-hybridized carbons (Fsp3) is 0.348. The predicted molar refractivity (Wildman–Crippen MR) is 109 cm³/mol. The first kappa shape index (κ1) is 22.1. The van der Waals surface area contributed by atoms with Crippen LogP contribution in [-0.4, -0.2) is 65.2 Å². The van der Waals surface area contributed by atoms with Crippen molar-refractivity contribution in [2.24, 2.45) is 0 Å². The first-order valence-corrected chi connectivity index (χ1v) is 9.80. The number of hydrogen-bond donors (Lipinski definition) is 3. The van der Waals surface area contributed by atoms with Gasteiger partial charge in [-0.2, -0.15) is 0 Å². The van der Waals surface area contributed by atoms with Crippen LogP contribution in [0.25, 0.3) is 6.08 Å². The largest absolute Gasteiger partial charge is 0.453 e. The molecule has 1 aliphatic heterocycles. The second-order valence-electron chi connectivity index (χ2n) is 6.96. The van der Waals surface area contributed by atoms with E-state index in [1.165, 1.54) is 6.08 Å². The van der Waals surface area contributed by atoms with Gasteiger partial charge in [0.1, 0.15) is 18.3 Å². The topological polar surface area (TPSA) is 105 Å². The lowest BCUT2D eigenvalue weighted by molar-refractivity contribution is -0.302. The molecule has 5 atom stereocenters.